The van der Waals surface area contributed by atoms with E-state index >= 15 is 0 Å². The molecule has 0 aliphatic carbocycles. The first-order valence-electron chi connectivity index (χ1n) is 9.09. The Kier molecular flexibility index (Phi) is 6.13. The first kappa shape index (κ1) is 21.8. The highest BCUT2D eigenvalue weighted by atomic mass is 32.2. The number of carbonyl (C=O) groups excluding carboxylic acids is 2. The summed E-state index contributed by atoms with van der Waals surface area (Å²) in [7, 11) is -7.43. The lowest BCUT2D eigenvalue weighted by molar-refractivity contribution is -0.119. The minimum atomic E-state index is -4.09. The van der Waals surface area contributed by atoms with Crippen molar-refractivity contribution >= 4 is 37.5 Å². The summed E-state index contributed by atoms with van der Waals surface area (Å²) in [6, 6.07) is 11.5. The smallest absolute Gasteiger partial charge is 0.264 e. The van der Waals surface area contributed by atoms with Crippen LogP contribution in [-0.4, -0.2) is 40.9 Å². The van der Waals surface area contributed by atoms with Crippen molar-refractivity contribution in [3.05, 3.63) is 59.7 Å². The second-order valence-corrected chi connectivity index (χ2v) is 10.5. The highest BCUT2D eigenvalue weighted by Crippen LogP contribution is 2.24. The van der Waals surface area contributed by atoms with Crippen molar-refractivity contribution in [2.75, 3.05) is 16.6 Å². The third kappa shape index (κ3) is 4.97. The van der Waals surface area contributed by atoms with Gasteiger partial charge in [0.1, 0.15) is 0 Å². The summed E-state index contributed by atoms with van der Waals surface area (Å²) in [5.74, 6) is -0.947. The van der Waals surface area contributed by atoms with Gasteiger partial charge in [0, 0.05) is 25.6 Å². The van der Waals surface area contributed by atoms with E-state index in [4.69, 9.17) is 0 Å². The van der Waals surface area contributed by atoms with Crippen molar-refractivity contribution in [3.8, 4) is 0 Å². The zero-order chi connectivity index (χ0) is 21.9. The number of nitrogens with zero attached hydrogens (tertiary/aromatic N) is 1. The highest BCUT2D eigenvalue weighted by molar-refractivity contribution is 7.93. The van der Waals surface area contributed by atoms with E-state index in [1.54, 1.807) is 12.1 Å². The lowest BCUT2D eigenvalue weighted by Crippen LogP contribution is -2.30. The normalized spacial score (nSPS) is 15.6. The van der Waals surface area contributed by atoms with Crippen molar-refractivity contribution in [2.45, 2.75) is 24.8 Å². The SMILES string of the molecule is CC(=O)NCc1ccc(S(=O)(=O)NC(=O)c2ccc(N3CCCS3(=O)=O)cc2)cc1. The molecule has 9 nitrogen and oxygen atoms in total. The zero-order valence-electron chi connectivity index (χ0n) is 16.2. The topological polar surface area (TPSA) is 130 Å². The van der Waals surface area contributed by atoms with Crippen LogP contribution in [0.4, 0.5) is 5.69 Å². The van der Waals surface area contributed by atoms with Crippen molar-refractivity contribution in [1.29, 1.82) is 0 Å². The molecule has 1 saturated heterocycles. The number of hydrogen-bond donors (Lipinski definition) is 2. The standard InChI is InChI=1S/C19H21N3O6S2/c1-14(23)20-13-15-3-9-18(10-4-15)30(27,28)21-19(24)16-5-7-17(8-6-16)22-11-2-12-29(22,25)26/h3-10H,2,11-13H2,1H3,(H,20,23)(H,21,24). The molecular weight excluding hydrogens is 430 g/mol. The molecule has 0 spiro atoms. The Balaban J connectivity index is 1.69. The number of anilines is 1. The molecule has 2 aromatic rings. The van der Waals surface area contributed by atoms with Gasteiger partial charge in [-0.25, -0.2) is 21.6 Å². The molecule has 3 rings (SSSR count). The Labute approximate surface area is 175 Å². The molecule has 1 aliphatic rings. The third-order valence-corrected chi connectivity index (χ3v) is 7.74. The third-order valence-electron chi connectivity index (χ3n) is 4.52. The lowest BCUT2D eigenvalue weighted by Gasteiger charge is -2.17. The summed E-state index contributed by atoms with van der Waals surface area (Å²) < 4.78 is 52.1. The van der Waals surface area contributed by atoms with Crippen LogP contribution in [0.2, 0.25) is 0 Å². The van der Waals surface area contributed by atoms with Gasteiger partial charge in [0.2, 0.25) is 15.9 Å². The Hall–Kier alpha value is -2.92. The van der Waals surface area contributed by atoms with E-state index in [0.717, 1.165) is 0 Å². The molecule has 2 N–H and O–H groups in total. The second kappa shape index (κ2) is 8.44. The number of carbonyl (C=O) groups is 2. The Morgan fingerprint density at radius 1 is 1.03 bits per heavy atom. The molecule has 30 heavy (non-hydrogen) atoms. The lowest BCUT2D eigenvalue weighted by atomic mass is 10.2. The van der Waals surface area contributed by atoms with Crippen LogP contribution in [0.3, 0.4) is 0 Å². The number of amides is 2. The van der Waals surface area contributed by atoms with E-state index in [2.05, 4.69) is 5.32 Å². The fourth-order valence-corrected chi connectivity index (χ4v) is 5.50. The second-order valence-electron chi connectivity index (χ2n) is 6.78. The van der Waals surface area contributed by atoms with Crippen molar-refractivity contribution < 1.29 is 26.4 Å². The molecule has 0 aromatic heterocycles. The Bertz CT molecular complexity index is 1160. The van der Waals surface area contributed by atoms with Crippen molar-refractivity contribution in [3.63, 3.8) is 0 Å². The van der Waals surface area contributed by atoms with Crippen LogP contribution in [0, 0.1) is 0 Å². The average Bonchev–Trinajstić information content (AvgIpc) is 3.05. The van der Waals surface area contributed by atoms with Crippen molar-refractivity contribution in [2.24, 2.45) is 0 Å². The molecule has 0 unspecified atom stereocenters. The molecule has 0 bridgehead atoms. The van der Waals surface area contributed by atoms with Crippen LogP contribution in [0.1, 0.15) is 29.3 Å². The van der Waals surface area contributed by atoms with E-state index in [1.165, 1.54) is 47.6 Å². The molecule has 0 saturated carbocycles. The minimum absolute atomic E-state index is 0.0804. The summed E-state index contributed by atoms with van der Waals surface area (Å²) in [5.41, 5.74) is 1.23. The number of nitrogens with one attached hydrogen (secondary N) is 2. The van der Waals surface area contributed by atoms with Gasteiger partial charge >= 0.3 is 0 Å². The van der Waals surface area contributed by atoms with Gasteiger partial charge in [0.25, 0.3) is 15.9 Å². The van der Waals surface area contributed by atoms with E-state index in [0.29, 0.717) is 24.2 Å². The molecular formula is C19H21N3O6S2. The van der Waals surface area contributed by atoms with E-state index in [1.807, 2.05) is 4.72 Å². The molecule has 11 heteroatoms. The van der Waals surface area contributed by atoms with Gasteiger partial charge in [-0.1, -0.05) is 12.1 Å². The van der Waals surface area contributed by atoms with Gasteiger partial charge < -0.3 is 5.32 Å². The maximum Gasteiger partial charge on any atom is 0.264 e. The summed E-state index contributed by atoms with van der Waals surface area (Å²) in [6.45, 7) is 2.02. The van der Waals surface area contributed by atoms with E-state index < -0.39 is 26.0 Å². The van der Waals surface area contributed by atoms with Crippen molar-refractivity contribution in [1.82, 2.24) is 10.0 Å². The number of rotatable bonds is 6. The maximum absolute atomic E-state index is 12.5. The first-order chi connectivity index (χ1) is 14.1. The summed E-state index contributed by atoms with van der Waals surface area (Å²) in [6.07, 6.45) is 0.534. The molecule has 0 atom stereocenters. The van der Waals surface area contributed by atoms with Crippen LogP contribution in [-0.2, 0) is 31.4 Å². The van der Waals surface area contributed by atoms with Crippen LogP contribution < -0.4 is 14.3 Å². The fourth-order valence-electron chi connectivity index (χ4n) is 2.96. The van der Waals surface area contributed by atoms with Gasteiger partial charge in [0.05, 0.1) is 16.3 Å². The number of hydrogen-bond acceptors (Lipinski definition) is 6. The predicted molar refractivity (Wildman–Crippen MR) is 111 cm³/mol. The Morgan fingerprint density at radius 2 is 1.67 bits per heavy atom. The Morgan fingerprint density at radius 3 is 2.20 bits per heavy atom. The quantitative estimate of drug-likeness (QED) is 0.673. The molecule has 0 radical (unpaired) electrons. The van der Waals surface area contributed by atoms with Gasteiger partial charge in [-0.2, -0.15) is 0 Å². The monoisotopic (exact) mass is 451 g/mol. The molecule has 1 aliphatic heterocycles. The number of sulfonamides is 2. The molecule has 1 heterocycles. The van der Waals surface area contributed by atoms with Gasteiger partial charge in [-0.05, 0) is 48.4 Å². The molecule has 160 valence electrons. The van der Waals surface area contributed by atoms with Gasteiger partial charge in [-0.15, -0.1) is 0 Å². The minimum Gasteiger partial charge on any atom is -0.352 e. The summed E-state index contributed by atoms with van der Waals surface area (Å²) >= 11 is 0. The summed E-state index contributed by atoms with van der Waals surface area (Å²) in [4.78, 5) is 23.2. The maximum atomic E-state index is 12.5. The van der Waals surface area contributed by atoms with Crippen LogP contribution >= 0.6 is 0 Å². The van der Waals surface area contributed by atoms with Crippen LogP contribution in [0.15, 0.2) is 53.4 Å². The average molecular weight is 452 g/mol. The molecule has 2 aromatic carbocycles. The summed E-state index contributed by atoms with van der Waals surface area (Å²) in [5, 5.41) is 2.60. The largest absolute Gasteiger partial charge is 0.352 e. The zero-order valence-corrected chi connectivity index (χ0v) is 17.8. The van der Waals surface area contributed by atoms with E-state index in [-0.39, 0.29) is 28.7 Å². The van der Waals surface area contributed by atoms with Crippen LogP contribution in [0.5, 0.6) is 0 Å². The first-order valence-corrected chi connectivity index (χ1v) is 12.2. The predicted octanol–water partition coefficient (Wildman–Crippen LogP) is 0.981. The number of benzene rings is 2. The van der Waals surface area contributed by atoms with Gasteiger partial charge in [-0.3, -0.25) is 13.9 Å². The van der Waals surface area contributed by atoms with Crippen LogP contribution in [0.25, 0.3) is 0 Å². The highest BCUT2D eigenvalue weighted by Gasteiger charge is 2.28. The fraction of sp³-hybridized carbons (Fsp3) is 0.263. The molecule has 1 fully saturated rings. The molecule has 2 amide bonds. The van der Waals surface area contributed by atoms with Gasteiger partial charge in [0.15, 0.2) is 0 Å². The van der Waals surface area contributed by atoms with E-state index in [9.17, 15) is 26.4 Å².